The second-order valence-electron chi connectivity index (χ2n) is 3.43. The predicted molar refractivity (Wildman–Crippen MR) is 70.7 cm³/mol. The molecule has 0 amide bonds. The molecule has 0 spiro atoms. The standard InChI is InChI=1S/C12H9BrClFN2/c13-12-11(2-1-5-16-12)17-7-8-6-9(14)3-4-10(8)15/h1-6,17H,7H2. The first kappa shape index (κ1) is 12.3. The Balaban J connectivity index is 2.12. The van der Waals surface area contributed by atoms with Crippen molar-refractivity contribution in [2.45, 2.75) is 6.54 Å². The number of aromatic nitrogens is 1. The third-order valence-corrected chi connectivity index (χ3v) is 3.10. The molecule has 0 aliphatic rings. The van der Waals surface area contributed by atoms with Crippen molar-refractivity contribution in [1.29, 1.82) is 0 Å². The number of nitrogens with one attached hydrogen (secondary N) is 1. The van der Waals surface area contributed by atoms with Gasteiger partial charge in [0.25, 0.3) is 0 Å². The van der Waals surface area contributed by atoms with E-state index in [1.807, 2.05) is 6.07 Å². The second kappa shape index (κ2) is 5.47. The van der Waals surface area contributed by atoms with Gasteiger partial charge in [-0.15, -0.1) is 0 Å². The van der Waals surface area contributed by atoms with Crippen molar-refractivity contribution >= 4 is 33.2 Å². The lowest BCUT2D eigenvalue weighted by Crippen LogP contribution is -2.02. The van der Waals surface area contributed by atoms with Crippen LogP contribution in [0.25, 0.3) is 0 Å². The Bertz CT molecular complexity index is 534. The largest absolute Gasteiger partial charge is 0.379 e. The molecule has 88 valence electrons. The van der Waals surface area contributed by atoms with Gasteiger partial charge in [0.05, 0.1) is 5.69 Å². The molecule has 2 aromatic rings. The van der Waals surface area contributed by atoms with Crippen LogP contribution in [0.1, 0.15) is 5.56 Å². The highest BCUT2D eigenvalue weighted by molar-refractivity contribution is 9.10. The van der Waals surface area contributed by atoms with Crippen molar-refractivity contribution in [3.63, 3.8) is 0 Å². The van der Waals surface area contributed by atoms with Crippen LogP contribution in [0.2, 0.25) is 5.02 Å². The third-order valence-electron chi connectivity index (χ3n) is 2.24. The predicted octanol–water partition coefficient (Wildman–Crippen LogP) is 4.25. The molecule has 0 saturated heterocycles. The molecule has 0 radical (unpaired) electrons. The minimum atomic E-state index is -0.276. The van der Waals surface area contributed by atoms with Crippen molar-refractivity contribution in [3.8, 4) is 0 Å². The average Bonchev–Trinajstić information content (AvgIpc) is 2.32. The Morgan fingerprint density at radius 1 is 1.35 bits per heavy atom. The van der Waals surface area contributed by atoms with E-state index < -0.39 is 0 Å². The van der Waals surface area contributed by atoms with Gasteiger partial charge in [-0.2, -0.15) is 0 Å². The molecule has 0 bridgehead atoms. The monoisotopic (exact) mass is 314 g/mol. The van der Waals surface area contributed by atoms with Crippen molar-refractivity contribution in [2.24, 2.45) is 0 Å². The second-order valence-corrected chi connectivity index (χ2v) is 4.62. The Kier molecular flexibility index (Phi) is 3.97. The van der Waals surface area contributed by atoms with Crippen LogP contribution in [0.15, 0.2) is 41.1 Å². The van der Waals surface area contributed by atoms with E-state index in [1.165, 1.54) is 12.1 Å². The normalized spacial score (nSPS) is 10.3. The number of halogens is 3. The summed E-state index contributed by atoms with van der Waals surface area (Å²) in [7, 11) is 0. The summed E-state index contributed by atoms with van der Waals surface area (Å²) in [5.74, 6) is -0.276. The maximum Gasteiger partial charge on any atom is 0.129 e. The topological polar surface area (TPSA) is 24.9 Å². The molecular weight excluding hydrogens is 307 g/mol. The summed E-state index contributed by atoms with van der Waals surface area (Å²) in [6, 6.07) is 8.16. The number of hydrogen-bond donors (Lipinski definition) is 1. The zero-order chi connectivity index (χ0) is 12.3. The van der Waals surface area contributed by atoms with Gasteiger partial charge in [0.15, 0.2) is 0 Å². The summed E-state index contributed by atoms with van der Waals surface area (Å²) in [6.45, 7) is 0.358. The number of rotatable bonds is 3. The summed E-state index contributed by atoms with van der Waals surface area (Å²) in [4.78, 5) is 4.07. The van der Waals surface area contributed by atoms with Crippen LogP contribution < -0.4 is 5.32 Å². The maximum atomic E-state index is 13.4. The molecule has 0 atom stereocenters. The molecule has 1 heterocycles. The molecular formula is C12H9BrClFN2. The summed E-state index contributed by atoms with van der Waals surface area (Å²) in [5, 5.41) is 3.61. The summed E-state index contributed by atoms with van der Waals surface area (Å²) in [6.07, 6.45) is 1.68. The van der Waals surface area contributed by atoms with E-state index in [4.69, 9.17) is 11.6 Å². The van der Waals surface area contributed by atoms with Gasteiger partial charge < -0.3 is 5.32 Å². The van der Waals surface area contributed by atoms with E-state index in [0.29, 0.717) is 21.7 Å². The fraction of sp³-hybridized carbons (Fsp3) is 0.0833. The fourth-order valence-corrected chi connectivity index (χ4v) is 1.97. The van der Waals surface area contributed by atoms with Gasteiger partial charge in [0, 0.05) is 23.3 Å². The summed E-state index contributed by atoms with van der Waals surface area (Å²) in [5.41, 5.74) is 1.33. The fourth-order valence-electron chi connectivity index (χ4n) is 1.39. The Morgan fingerprint density at radius 2 is 2.18 bits per heavy atom. The van der Waals surface area contributed by atoms with Gasteiger partial charge in [-0.1, -0.05) is 11.6 Å². The smallest absolute Gasteiger partial charge is 0.129 e. The first-order valence-electron chi connectivity index (χ1n) is 4.95. The van der Waals surface area contributed by atoms with Crippen LogP contribution in [0.4, 0.5) is 10.1 Å². The summed E-state index contributed by atoms with van der Waals surface area (Å²) >= 11 is 9.12. The number of nitrogens with zero attached hydrogens (tertiary/aromatic N) is 1. The molecule has 5 heteroatoms. The SMILES string of the molecule is Fc1ccc(Cl)cc1CNc1cccnc1Br. The van der Waals surface area contributed by atoms with Crippen molar-refractivity contribution in [3.05, 3.63) is 57.5 Å². The van der Waals surface area contributed by atoms with Crippen LogP contribution in [0, 0.1) is 5.82 Å². The van der Waals surface area contributed by atoms with Crippen molar-refractivity contribution in [1.82, 2.24) is 4.98 Å². The quantitative estimate of drug-likeness (QED) is 0.857. The third kappa shape index (κ3) is 3.17. The molecule has 1 N–H and O–H groups in total. The first-order chi connectivity index (χ1) is 8.16. The zero-order valence-corrected chi connectivity index (χ0v) is 11.1. The van der Waals surface area contributed by atoms with Gasteiger partial charge >= 0.3 is 0 Å². The van der Waals surface area contributed by atoms with Gasteiger partial charge in [-0.3, -0.25) is 0 Å². The van der Waals surface area contributed by atoms with Gasteiger partial charge in [0.1, 0.15) is 10.4 Å². The number of pyridine rings is 1. The van der Waals surface area contributed by atoms with Crippen molar-refractivity contribution in [2.75, 3.05) is 5.32 Å². The first-order valence-corrected chi connectivity index (χ1v) is 6.12. The highest BCUT2D eigenvalue weighted by atomic mass is 79.9. The average molecular weight is 316 g/mol. The number of benzene rings is 1. The molecule has 1 aromatic heterocycles. The number of anilines is 1. The molecule has 1 aromatic carbocycles. The lowest BCUT2D eigenvalue weighted by atomic mass is 10.2. The molecule has 0 unspecified atom stereocenters. The van der Waals surface area contributed by atoms with Crippen LogP contribution in [0.3, 0.4) is 0 Å². The highest BCUT2D eigenvalue weighted by Gasteiger charge is 2.04. The molecule has 17 heavy (non-hydrogen) atoms. The van der Waals surface area contributed by atoms with Crippen LogP contribution in [0.5, 0.6) is 0 Å². The lowest BCUT2D eigenvalue weighted by Gasteiger charge is -2.08. The van der Waals surface area contributed by atoms with E-state index in [1.54, 1.807) is 18.3 Å². The molecule has 0 aliphatic carbocycles. The molecule has 0 saturated carbocycles. The zero-order valence-electron chi connectivity index (χ0n) is 8.75. The van der Waals surface area contributed by atoms with E-state index in [-0.39, 0.29) is 5.82 Å². The van der Waals surface area contributed by atoms with Gasteiger partial charge in [-0.25, -0.2) is 9.37 Å². The maximum absolute atomic E-state index is 13.4. The molecule has 0 fully saturated rings. The van der Waals surface area contributed by atoms with Crippen LogP contribution in [-0.2, 0) is 6.54 Å². The van der Waals surface area contributed by atoms with E-state index in [9.17, 15) is 4.39 Å². The molecule has 2 nitrogen and oxygen atoms in total. The summed E-state index contributed by atoms with van der Waals surface area (Å²) < 4.78 is 14.1. The van der Waals surface area contributed by atoms with Gasteiger partial charge in [-0.05, 0) is 46.3 Å². The Labute approximate surface area is 112 Å². The van der Waals surface area contributed by atoms with Crippen molar-refractivity contribution < 1.29 is 4.39 Å². The van der Waals surface area contributed by atoms with Gasteiger partial charge in [0.2, 0.25) is 0 Å². The molecule has 2 rings (SSSR count). The van der Waals surface area contributed by atoms with E-state index in [0.717, 1.165) is 5.69 Å². The van der Waals surface area contributed by atoms with E-state index in [2.05, 4.69) is 26.2 Å². The van der Waals surface area contributed by atoms with E-state index >= 15 is 0 Å². The minimum absolute atomic E-state index is 0.276. The van der Waals surface area contributed by atoms with Crippen LogP contribution in [-0.4, -0.2) is 4.98 Å². The Morgan fingerprint density at radius 3 is 2.94 bits per heavy atom. The number of hydrogen-bond acceptors (Lipinski definition) is 2. The lowest BCUT2D eigenvalue weighted by molar-refractivity contribution is 0.613. The molecule has 0 aliphatic heterocycles. The Hall–Kier alpha value is -1.13. The highest BCUT2D eigenvalue weighted by Crippen LogP contribution is 2.21. The minimum Gasteiger partial charge on any atom is -0.379 e. The van der Waals surface area contributed by atoms with Crippen LogP contribution >= 0.6 is 27.5 Å².